The molecule has 22 nitrogen and oxygen atoms in total. The average Bonchev–Trinajstić information content (AvgIpc) is 1.69. The summed E-state index contributed by atoms with van der Waals surface area (Å²) in [6, 6.07) is 18.5. The molecule has 1 atom stereocenters. The molecule has 0 bridgehead atoms. The van der Waals surface area contributed by atoms with Crippen molar-refractivity contribution in [1.29, 1.82) is 0 Å². The summed E-state index contributed by atoms with van der Waals surface area (Å²) in [4.78, 5) is 30.9. The second-order valence-corrected chi connectivity index (χ2v) is 27.3. The maximum absolute atomic E-state index is 7.16. The van der Waals surface area contributed by atoms with Gasteiger partial charge in [0.1, 0.15) is 24.7 Å². The van der Waals surface area contributed by atoms with Crippen molar-refractivity contribution in [2.24, 2.45) is 0 Å². The quantitative estimate of drug-likeness (QED) is 0.0308. The molecule has 0 saturated carbocycles. The molecule has 4 fully saturated rings. The highest BCUT2D eigenvalue weighted by atomic mass is 16.7. The summed E-state index contributed by atoms with van der Waals surface area (Å²) in [6.45, 7) is 21.4. The van der Waals surface area contributed by atoms with Gasteiger partial charge in [0.25, 0.3) is 0 Å². The summed E-state index contributed by atoms with van der Waals surface area (Å²) in [6.07, 6.45) is 7.03. The molecule has 8 heterocycles. The molecule has 4 saturated heterocycles. The monoisotopic (exact) mass is 1330 g/mol. The van der Waals surface area contributed by atoms with Gasteiger partial charge < -0.3 is 76.4 Å². The van der Waals surface area contributed by atoms with E-state index in [9.17, 15) is 0 Å². The molecule has 2 aromatic heterocycles. The predicted molar refractivity (Wildman–Crippen MR) is 380 cm³/mol. The van der Waals surface area contributed by atoms with Crippen LogP contribution in [0.25, 0.3) is 64.9 Å². The Bertz CT molecular complexity index is 4100. The van der Waals surface area contributed by atoms with Gasteiger partial charge in [0.05, 0.1) is 63.5 Å². The van der Waals surface area contributed by atoms with E-state index >= 15 is 0 Å². The number of fused-ring (bicyclic) bond motifs is 12. The Morgan fingerprint density at radius 2 is 0.876 bits per heavy atom. The number of nitrogens with zero attached hydrogens (tertiary/aromatic N) is 10. The first-order valence-electron chi connectivity index (χ1n) is 35.2. The highest BCUT2D eigenvalue weighted by Crippen LogP contribution is 2.53. The summed E-state index contributed by atoms with van der Waals surface area (Å²) < 4.78 is 76.9. The van der Waals surface area contributed by atoms with Crippen LogP contribution in [0.1, 0.15) is 56.6 Å². The number of likely N-dealkylation sites (tertiary alicyclic amines) is 2. The van der Waals surface area contributed by atoms with E-state index in [0.29, 0.717) is 85.0 Å². The number of aromatic nitrogens is 2. The minimum atomic E-state index is -0.0753. The number of benzene rings is 6. The van der Waals surface area contributed by atoms with Crippen LogP contribution < -0.4 is 56.8 Å². The number of methoxy groups -OCH3 is 4. The number of pyridine rings is 2. The van der Waals surface area contributed by atoms with Gasteiger partial charge in [-0.1, -0.05) is 0 Å². The molecular formula is C75H98N10O12. The van der Waals surface area contributed by atoms with E-state index in [-0.39, 0.29) is 19.6 Å². The number of hydrogen-bond acceptors (Lipinski definition) is 22. The van der Waals surface area contributed by atoms with Crippen molar-refractivity contribution in [2.75, 3.05) is 221 Å². The Balaban J connectivity index is 0.789. The molecule has 14 rings (SSSR count). The van der Waals surface area contributed by atoms with E-state index in [1.54, 1.807) is 28.4 Å². The molecule has 0 amide bonds. The van der Waals surface area contributed by atoms with Gasteiger partial charge in [-0.2, -0.15) is 0 Å². The standard InChI is InChI=1S/C75H98N10O12/c1-78(2)21-23-83-29-25-81(26-30-83)18-11-12-35-90-66-44-52-55(72-70(66)54-43-60(87-6)62(89-8)47-57(54)75(77-72)92-37-33-80-16-9-10-17-80)45-67-73(97-49-96-67)68(52)58-15-13-20-85(58)34-38-93-74-56-46-61(88-7)59(86-5)42-53(56)69-65(40-50-39-63-64(95-48-94-63)41-51(50)71(69)76-74)91-36-14-19-82-27-31-84(32-28-82)24-22-79(3)4/h39-47,58H,9-38,48-49H2,1-8H3. The molecule has 22 heteroatoms. The van der Waals surface area contributed by atoms with Gasteiger partial charge in [0.15, 0.2) is 46.0 Å². The smallest absolute Gasteiger partial charge is 0.231 e. The fraction of sp³-hybridized carbons (Fsp3) is 0.547. The van der Waals surface area contributed by atoms with Crippen LogP contribution in [0.3, 0.4) is 0 Å². The molecular weight excluding hydrogens is 1230 g/mol. The number of unbranched alkanes of at least 4 members (excludes halogenated alkanes) is 1. The van der Waals surface area contributed by atoms with Crippen molar-refractivity contribution in [3.05, 3.63) is 60.2 Å². The van der Waals surface area contributed by atoms with Crippen molar-refractivity contribution < 1.29 is 56.8 Å². The maximum Gasteiger partial charge on any atom is 0.231 e. The van der Waals surface area contributed by atoms with Crippen molar-refractivity contribution in [3.63, 3.8) is 0 Å². The van der Waals surface area contributed by atoms with Gasteiger partial charge in [0, 0.05) is 142 Å². The van der Waals surface area contributed by atoms with E-state index in [1.807, 2.05) is 30.3 Å². The highest BCUT2D eigenvalue weighted by Gasteiger charge is 2.36. The second-order valence-electron chi connectivity index (χ2n) is 27.3. The van der Waals surface area contributed by atoms with Crippen LogP contribution in [0.2, 0.25) is 0 Å². The number of rotatable bonds is 30. The SMILES string of the molecule is COc1cc2c(OCCN3CCCC3c3c4c(cc5c3cc(OCCCCN3CCN(CCN(C)C)CC3)c3c6cc(OC)c(OC)cc6c(OCCN6CCCC6)nc53)OCO4)nc3c4cc5c(cc4cc(OCCCN4CCN(CCN(C)C)CC4)c3c2cc1OC)OCO5. The first-order valence-corrected chi connectivity index (χ1v) is 35.2. The lowest BCUT2D eigenvalue weighted by Gasteiger charge is -2.35. The topological polar surface area (TPSA) is 162 Å². The summed E-state index contributed by atoms with van der Waals surface area (Å²) >= 11 is 0. The molecule has 0 spiro atoms. The third-order valence-corrected chi connectivity index (χ3v) is 20.6. The molecule has 1 unspecified atom stereocenters. The van der Waals surface area contributed by atoms with Crippen molar-refractivity contribution >= 4 is 64.9 Å². The molecule has 6 aromatic carbocycles. The fourth-order valence-corrected chi connectivity index (χ4v) is 15.2. The third-order valence-electron chi connectivity index (χ3n) is 20.6. The molecule has 520 valence electrons. The van der Waals surface area contributed by atoms with Gasteiger partial charge in [0.2, 0.25) is 25.3 Å². The van der Waals surface area contributed by atoms with Gasteiger partial charge in [-0.3, -0.25) is 19.6 Å². The van der Waals surface area contributed by atoms with E-state index in [1.165, 1.54) is 12.8 Å². The number of likely N-dealkylation sites (N-methyl/N-ethyl adjacent to an activating group) is 2. The molecule has 8 aromatic rings. The van der Waals surface area contributed by atoms with Gasteiger partial charge >= 0.3 is 0 Å². The average molecular weight is 1330 g/mol. The Labute approximate surface area is 569 Å². The van der Waals surface area contributed by atoms with Crippen molar-refractivity contribution in [2.45, 2.75) is 51.0 Å². The molecule has 97 heavy (non-hydrogen) atoms. The summed E-state index contributed by atoms with van der Waals surface area (Å²) in [5, 5.41) is 8.85. The normalized spacial score (nSPS) is 18.2. The van der Waals surface area contributed by atoms with Crippen LogP contribution >= 0.6 is 0 Å². The Morgan fingerprint density at radius 1 is 0.402 bits per heavy atom. The minimum Gasteiger partial charge on any atom is -0.493 e. The van der Waals surface area contributed by atoms with Gasteiger partial charge in [-0.15, -0.1) is 0 Å². The summed E-state index contributed by atoms with van der Waals surface area (Å²) in [7, 11) is 15.3. The lowest BCUT2D eigenvalue weighted by molar-refractivity contribution is 0.120. The van der Waals surface area contributed by atoms with E-state index in [0.717, 1.165) is 238 Å². The van der Waals surface area contributed by atoms with Crippen LogP contribution in [0.4, 0.5) is 0 Å². The zero-order valence-electron chi connectivity index (χ0n) is 58.3. The Morgan fingerprint density at radius 3 is 1.46 bits per heavy atom. The molecule has 6 aliphatic heterocycles. The molecule has 0 radical (unpaired) electrons. The van der Waals surface area contributed by atoms with E-state index in [4.69, 9.17) is 66.8 Å². The maximum atomic E-state index is 7.16. The lowest BCUT2D eigenvalue weighted by Crippen LogP contribution is -2.48. The lowest BCUT2D eigenvalue weighted by atomic mass is 9.92. The Hall–Kier alpha value is -7.54. The zero-order chi connectivity index (χ0) is 66.5. The third kappa shape index (κ3) is 14.4. The van der Waals surface area contributed by atoms with Crippen LogP contribution in [-0.4, -0.2) is 270 Å². The minimum absolute atomic E-state index is 0.0753. The molecule has 6 aliphatic rings. The molecule has 0 N–H and O–H groups in total. The summed E-state index contributed by atoms with van der Waals surface area (Å²) in [5.74, 6) is 7.61. The highest BCUT2D eigenvalue weighted by molar-refractivity contribution is 6.22. The fourth-order valence-electron chi connectivity index (χ4n) is 15.2. The number of piperazine rings is 2. The number of hydrogen-bond donors (Lipinski definition) is 0. The predicted octanol–water partition coefficient (Wildman–Crippen LogP) is 9.86. The largest absolute Gasteiger partial charge is 0.493 e. The van der Waals surface area contributed by atoms with Crippen LogP contribution in [0, 0.1) is 0 Å². The zero-order valence-corrected chi connectivity index (χ0v) is 58.3. The number of ether oxygens (including phenoxy) is 12. The van der Waals surface area contributed by atoms with E-state index < -0.39 is 0 Å². The first kappa shape index (κ1) is 66.7. The Kier molecular flexibility index (Phi) is 20.8. The van der Waals surface area contributed by atoms with Gasteiger partial charge in [-0.05, 0) is 165 Å². The van der Waals surface area contributed by atoms with Crippen molar-refractivity contribution in [3.8, 4) is 69.3 Å². The first-order chi connectivity index (χ1) is 47.5. The van der Waals surface area contributed by atoms with E-state index in [2.05, 4.69) is 91.7 Å². The van der Waals surface area contributed by atoms with Crippen molar-refractivity contribution in [1.82, 2.24) is 49.2 Å². The van der Waals surface area contributed by atoms with Gasteiger partial charge in [-0.25, -0.2) is 9.97 Å². The van der Waals surface area contributed by atoms with Crippen LogP contribution in [0.5, 0.6) is 69.3 Å². The van der Waals surface area contributed by atoms with Crippen LogP contribution in [-0.2, 0) is 0 Å². The summed E-state index contributed by atoms with van der Waals surface area (Å²) in [5.41, 5.74) is 2.53. The van der Waals surface area contributed by atoms with Crippen LogP contribution in [0.15, 0.2) is 54.6 Å². The second kappa shape index (κ2) is 30.3. The molecule has 0 aliphatic carbocycles.